The second-order valence-corrected chi connectivity index (χ2v) is 5.04. The van der Waals surface area contributed by atoms with Gasteiger partial charge >= 0.3 is 0 Å². The summed E-state index contributed by atoms with van der Waals surface area (Å²) in [4.78, 5) is 4.41. The van der Waals surface area contributed by atoms with Gasteiger partial charge < -0.3 is 5.43 Å². The topological polar surface area (TPSA) is 36.8 Å². The first kappa shape index (κ1) is 14.5. The van der Waals surface area contributed by atoms with E-state index >= 15 is 0 Å². The summed E-state index contributed by atoms with van der Waals surface area (Å²) in [5, 5.41) is 4.39. The summed E-state index contributed by atoms with van der Waals surface area (Å²) >= 11 is 3.45. The van der Waals surface area contributed by atoms with Gasteiger partial charge in [-0.05, 0) is 12.1 Å². The number of hydrogen-bond acceptors (Lipinski definition) is 3. The highest BCUT2D eigenvalue weighted by atomic mass is 79.9. The minimum atomic E-state index is 0.831. The predicted molar refractivity (Wildman–Crippen MR) is 88.6 cm³/mol. The standard InChI is InChI=1S/C16H16BrN3/c1-18-15(13-8-10-14(17)11-9-13)16(20-19-2)12-6-4-3-5-7-12/h3-11,19H,1-2H3/b18-15?,20-16-. The Bertz CT molecular complexity index is 616. The van der Waals surface area contributed by atoms with Gasteiger partial charge in [0.25, 0.3) is 0 Å². The molecule has 3 nitrogen and oxygen atoms in total. The molecule has 0 bridgehead atoms. The van der Waals surface area contributed by atoms with E-state index in [0.29, 0.717) is 0 Å². The SMILES string of the molecule is CN=C(/C(=N\NC)c1ccccc1)c1ccc(Br)cc1. The zero-order chi connectivity index (χ0) is 14.4. The van der Waals surface area contributed by atoms with E-state index < -0.39 is 0 Å². The molecule has 0 aliphatic carbocycles. The van der Waals surface area contributed by atoms with Crippen LogP contribution in [0.5, 0.6) is 0 Å². The molecule has 0 atom stereocenters. The molecule has 20 heavy (non-hydrogen) atoms. The summed E-state index contributed by atoms with van der Waals surface area (Å²) in [5.74, 6) is 0. The molecule has 0 radical (unpaired) electrons. The molecule has 0 aromatic heterocycles. The van der Waals surface area contributed by atoms with Crippen molar-refractivity contribution in [3.05, 3.63) is 70.2 Å². The van der Waals surface area contributed by atoms with E-state index in [1.54, 1.807) is 14.1 Å². The lowest BCUT2D eigenvalue weighted by Gasteiger charge is -2.10. The van der Waals surface area contributed by atoms with Crippen LogP contribution in [0.3, 0.4) is 0 Å². The van der Waals surface area contributed by atoms with Gasteiger partial charge in [-0.15, -0.1) is 0 Å². The Kier molecular flexibility index (Phi) is 5.07. The number of hydrogen-bond donors (Lipinski definition) is 1. The average Bonchev–Trinajstić information content (AvgIpc) is 2.50. The van der Waals surface area contributed by atoms with Crippen LogP contribution in [0.1, 0.15) is 11.1 Å². The fourth-order valence-corrected chi connectivity index (χ4v) is 2.21. The van der Waals surface area contributed by atoms with E-state index in [0.717, 1.165) is 27.0 Å². The third-order valence-corrected chi connectivity index (χ3v) is 3.37. The smallest absolute Gasteiger partial charge is 0.116 e. The van der Waals surface area contributed by atoms with Crippen molar-refractivity contribution in [2.24, 2.45) is 10.1 Å². The van der Waals surface area contributed by atoms with Crippen LogP contribution in [0.4, 0.5) is 0 Å². The maximum atomic E-state index is 4.41. The molecular weight excluding hydrogens is 314 g/mol. The Balaban J connectivity index is 2.47. The van der Waals surface area contributed by atoms with Crippen molar-refractivity contribution >= 4 is 27.4 Å². The molecule has 0 heterocycles. The van der Waals surface area contributed by atoms with Crippen LogP contribution < -0.4 is 5.43 Å². The molecule has 4 heteroatoms. The number of rotatable bonds is 4. The lowest BCUT2D eigenvalue weighted by molar-refractivity contribution is 0.904. The Morgan fingerprint density at radius 1 is 0.900 bits per heavy atom. The van der Waals surface area contributed by atoms with Crippen LogP contribution in [0, 0.1) is 0 Å². The number of halogens is 1. The van der Waals surface area contributed by atoms with Gasteiger partial charge in [0.1, 0.15) is 5.71 Å². The lowest BCUT2D eigenvalue weighted by atomic mass is 10.00. The first-order valence-electron chi connectivity index (χ1n) is 6.29. The molecule has 0 aliphatic rings. The van der Waals surface area contributed by atoms with Crippen molar-refractivity contribution in [3.63, 3.8) is 0 Å². The fraction of sp³-hybridized carbons (Fsp3) is 0.125. The van der Waals surface area contributed by atoms with Gasteiger partial charge in [-0.3, -0.25) is 4.99 Å². The van der Waals surface area contributed by atoms with Gasteiger partial charge in [0, 0.05) is 29.7 Å². The van der Waals surface area contributed by atoms with Crippen molar-refractivity contribution in [3.8, 4) is 0 Å². The van der Waals surface area contributed by atoms with Gasteiger partial charge in [0.15, 0.2) is 0 Å². The van der Waals surface area contributed by atoms with E-state index in [-0.39, 0.29) is 0 Å². The van der Waals surface area contributed by atoms with E-state index in [2.05, 4.69) is 31.4 Å². The van der Waals surface area contributed by atoms with Crippen molar-refractivity contribution < 1.29 is 0 Å². The highest BCUT2D eigenvalue weighted by Gasteiger charge is 2.13. The van der Waals surface area contributed by atoms with Gasteiger partial charge in [-0.1, -0.05) is 58.4 Å². The molecule has 0 spiro atoms. The normalized spacial score (nSPS) is 12.3. The Morgan fingerprint density at radius 2 is 1.50 bits per heavy atom. The monoisotopic (exact) mass is 329 g/mol. The number of nitrogens with zero attached hydrogens (tertiary/aromatic N) is 2. The van der Waals surface area contributed by atoms with Crippen LogP contribution in [0.25, 0.3) is 0 Å². The quantitative estimate of drug-likeness (QED) is 0.676. The molecule has 2 rings (SSSR count). The van der Waals surface area contributed by atoms with Crippen molar-refractivity contribution in [1.29, 1.82) is 0 Å². The second-order valence-electron chi connectivity index (χ2n) is 4.13. The fourth-order valence-electron chi connectivity index (χ4n) is 1.94. The van der Waals surface area contributed by atoms with Crippen LogP contribution in [0.2, 0.25) is 0 Å². The van der Waals surface area contributed by atoms with Crippen LogP contribution >= 0.6 is 15.9 Å². The number of nitrogens with one attached hydrogen (secondary N) is 1. The first-order valence-corrected chi connectivity index (χ1v) is 7.08. The summed E-state index contributed by atoms with van der Waals surface area (Å²) in [7, 11) is 3.57. The maximum absolute atomic E-state index is 4.41. The minimum Gasteiger partial charge on any atom is -0.312 e. The van der Waals surface area contributed by atoms with Crippen molar-refractivity contribution in [2.75, 3.05) is 14.1 Å². The minimum absolute atomic E-state index is 0.831. The van der Waals surface area contributed by atoms with Gasteiger partial charge in [-0.25, -0.2) is 0 Å². The first-order chi connectivity index (χ1) is 9.76. The summed E-state index contributed by atoms with van der Waals surface area (Å²) in [6.07, 6.45) is 0. The van der Waals surface area contributed by atoms with E-state index in [9.17, 15) is 0 Å². The summed E-state index contributed by atoms with van der Waals surface area (Å²) in [6, 6.07) is 18.1. The highest BCUT2D eigenvalue weighted by Crippen LogP contribution is 2.14. The van der Waals surface area contributed by atoms with E-state index in [1.165, 1.54) is 0 Å². The van der Waals surface area contributed by atoms with Gasteiger partial charge in [-0.2, -0.15) is 5.10 Å². The predicted octanol–water partition coefficient (Wildman–Crippen LogP) is 3.49. The summed E-state index contributed by atoms with van der Waals surface area (Å²) in [5.41, 5.74) is 6.62. The molecule has 0 unspecified atom stereocenters. The molecule has 0 saturated carbocycles. The number of aliphatic imine (C=N–C) groups is 1. The molecule has 0 amide bonds. The molecule has 2 aromatic rings. The van der Waals surface area contributed by atoms with Crippen molar-refractivity contribution in [2.45, 2.75) is 0 Å². The van der Waals surface area contributed by atoms with Gasteiger partial charge in [0.05, 0.1) is 5.71 Å². The lowest BCUT2D eigenvalue weighted by Crippen LogP contribution is -2.20. The summed E-state index contributed by atoms with van der Waals surface area (Å²) < 4.78 is 1.04. The zero-order valence-corrected chi connectivity index (χ0v) is 13.1. The summed E-state index contributed by atoms with van der Waals surface area (Å²) in [6.45, 7) is 0. The Morgan fingerprint density at radius 3 is 2.05 bits per heavy atom. The molecule has 0 fully saturated rings. The highest BCUT2D eigenvalue weighted by molar-refractivity contribution is 9.10. The van der Waals surface area contributed by atoms with E-state index in [4.69, 9.17) is 0 Å². The Hall–Kier alpha value is -1.94. The zero-order valence-electron chi connectivity index (χ0n) is 11.5. The van der Waals surface area contributed by atoms with Crippen LogP contribution in [-0.2, 0) is 0 Å². The third kappa shape index (κ3) is 3.33. The maximum Gasteiger partial charge on any atom is 0.116 e. The van der Waals surface area contributed by atoms with Gasteiger partial charge in [0.2, 0.25) is 0 Å². The Labute approximate surface area is 127 Å². The largest absolute Gasteiger partial charge is 0.312 e. The average molecular weight is 330 g/mol. The molecule has 102 valence electrons. The number of hydrazone groups is 1. The molecule has 2 aromatic carbocycles. The third-order valence-electron chi connectivity index (χ3n) is 2.84. The van der Waals surface area contributed by atoms with Crippen LogP contribution in [-0.4, -0.2) is 25.5 Å². The molecular formula is C16H16BrN3. The van der Waals surface area contributed by atoms with E-state index in [1.807, 2.05) is 54.6 Å². The molecule has 1 N–H and O–H groups in total. The number of benzene rings is 2. The molecule has 0 saturated heterocycles. The van der Waals surface area contributed by atoms with Crippen molar-refractivity contribution in [1.82, 2.24) is 5.43 Å². The molecule has 0 aliphatic heterocycles. The van der Waals surface area contributed by atoms with Crippen LogP contribution in [0.15, 0.2) is 69.2 Å². The second kappa shape index (κ2) is 7.01.